The fourth-order valence-corrected chi connectivity index (χ4v) is 5.53. The van der Waals surface area contributed by atoms with Crippen molar-refractivity contribution in [1.82, 2.24) is 0 Å². The highest BCUT2D eigenvalue weighted by Gasteiger charge is 2.17. The molecule has 0 radical (unpaired) electrons. The van der Waals surface area contributed by atoms with Gasteiger partial charge in [-0.2, -0.15) is 0 Å². The lowest BCUT2D eigenvalue weighted by molar-refractivity contribution is 0.599. The Bertz CT molecular complexity index is 1720. The monoisotopic (exact) mass is 534 g/mol. The Balaban J connectivity index is 1.66. The quantitative estimate of drug-likeness (QED) is 0.322. The Kier molecular flexibility index (Phi) is 7.34. The minimum absolute atomic E-state index is 0.0530. The van der Waals surface area contributed by atoms with Crippen LogP contribution >= 0.6 is 0 Å². The first-order valence-electron chi connectivity index (χ1n) is 11.1. The second kappa shape index (κ2) is 10.5. The number of anilines is 2. The van der Waals surface area contributed by atoms with Crippen molar-refractivity contribution in [3.8, 4) is 11.8 Å². The minimum Gasteiger partial charge on any atom is -0.278 e. The highest BCUT2D eigenvalue weighted by molar-refractivity contribution is 7.93. The largest absolute Gasteiger partial charge is 0.278 e. The highest BCUT2D eigenvalue weighted by Crippen LogP contribution is 2.23. The summed E-state index contributed by atoms with van der Waals surface area (Å²) in [7, 11) is -7.82. The van der Waals surface area contributed by atoms with Gasteiger partial charge in [-0.05, 0) is 68.4 Å². The van der Waals surface area contributed by atoms with Gasteiger partial charge in [0.1, 0.15) is 5.82 Å². The van der Waals surface area contributed by atoms with Gasteiger partial charge < -0.3 is 0 Å². The van der Waals surface area contributed by atoms with Crippen LogP contribution in [-0.4, -0.2) is 16.8 Å². The number of sulfonamides is 2. The van der Waals surface area contributed by atoms with E-state index in [1.807, 2.05) is 13.8 Å². The van der Waals surface area contributed by atoms with Crippen molar-refractivity contribution in [2.24, 2.45) is 0 Å². The zero-order valence-electron chi connectivity index (χ0n) is 20.0. The molecule has 0 saturated carbocycles. The highest BCUT2D eigenvalue weighted by atomic mass is 32.2. The smallest absolute Gasteiger partial charge is 0.261 e. The van der Waals surface area contributed by atoms with Crippen molar-refractivity contribution in [2.75, 3.05) is 9.44 Å². The molecule has 0 aliphatic carbocycles. The van der Waals surface area contributed by atoms with Gasteiger partial charge in [0.25, 0.3) is 20.0 Å². The number of halogens is 1. The fourth-order valence-electron chi connectivity index (χ4n) is 3.37. The van der Waals surface area contributed by atoms with Crippen LogP contribution in [-0.2, 0) is 20.0 Å². The molecule has 37 heavy (non-hydrogen) atoms. The van der Waals surface area contributed by atoms with Gasteiger partial charge in [-0.3, -0.25) is 9.44 Å². The van der Waals surface area contributed by atoms with Gasteiger partial charge in [0.05, 0.1) is 26.7 Å². The van der Waals surface area contributed by atoms with Crippen LogP contribution in [0.5, 0.6) is 0 Å². The predicted octanol–water partition coefficient (Wildman–Crippen LogP) is 5.44. The van der Waals surface area contributed by atoms with Crippen LogP contribution < -0.4 is 9.44 Å². The van der Waals surface area contributed by atoms with Crippen LogP contribution in [0.25, 0.3) is 0 Å². The Labute approximate surface area is 216 Å². The molecule has 2 N–H and O–H groups in total. The molecule has 0 aliphatic rings. The summed E-state index contributed by atoms with van der Waals surface area (Å²) in [5.74, 6) is 5.01. The third-order valence-corrected chi connectivity index (χ3v) is 8.15. The molecule has 0 amide bonds. The number of hydrogen-bond donors (Lipinski definition) is 2. The second-order valence-corrected chi connectivity index (χ2v) is 11.7. The van der Waals surface area contributed by atoms with E-state index in [-0.39, 0.29) is 26.7 Å². The molecular formula is C28H23FN2O4S2. The van der Waals surface area contributed by atoms with E-state index < -0.39 is 25.9 Å². The molecule has 188 valence electrons. The molecule has 0 bridgehead atoms. The van der Waals surface area contributed by atoms with Crippen LogP contribution in [0.15, 0.2) is 101 Å². The van der Waals surface area contributed by atoms with Crippen molar-refractivity contribution >= 4 is 31.4 Å². The van der Waals surface area contributed by atoms with Crippen molar-refractivity contribution in [3.63, 3.8) is 0 Å². The van der Waals surface area contributed by atoms with Gasteiger partial charge in [-0.1, -0.05) is 59.4 Å². The average Bonchev–Trinajstić information content (AvgIpc) is 2.85. The van der Waals surface area contributed by atoms with Crippen LogP contribution in [0.2, 0.25) is 0 Å². The molecular weight excluding hydrogens is 511 g/mol. The topological polar surface area (TPSA) is 92.3 Å². The summed E-state index contributed by atoms with van der Waals surface area (Å²) in [5.41, 5.74) is 2.57. The van der Waals surface area contributed by atoms with Crippen LogP contribution in [0.4, 0.5) is 15.8 Å². The summed E-state index contributed by atoms with van der Waals surface area (Å²) in [4.78, 5) is 0.149. The zero-order chi connectivity index (χ0) is 26.6. The number of aryl methyl sites for hydroxylation is 2. The maximum atomic E-state index is 14.1. The van der Waals surface area contributed by atoms with Crippen LogP contribution in [0, 0.1) is 31.5 Å². The molecule has 4 rings (SSSR count). The van der Waals surface area contributed by atoms with Gasteiger partial charge in [-0.15, -0.1) is 0 Å². The summed E-state index contributed by atoms with van der Waals surface area (Å²) >= 11 is 0. The molecule has 0 heterocycles. The lowest BCUT2D eigenvalue weighted by Gasteiger charge is -2.11. The summed E-state index contributed by atoms with van der Waals surface area (Å²) in [6.45, 7) is 3.70. The molecule has 0 saturated heterocycles. The van der Waals surface area contributed by atoms with Gasteiger partial charge in [0.2, 0.25) is 0 Å². The maximum Gasteiger partial charge on any atom is 0.261 e. The van der Waals surface area contributed by atoms with Crippen molar-refractivity contribution < 1.29 is 21.2 Å². The second-order valence-electron chi connectivity index (χ2n) is 8.32. The van der Waals surface area contributed by atoms with Gasteiger partial charge in [-0.25, -0.2) is 21.2 Å². The molecule has 0 atom stereocenters. The molecule has 0 fully saturated rings. The Hall–Kier alpha value is -4.13. The van der Waals surface area contributed by atoms with E-state index in [0.29, 0.717) is 5.56 Å². The normalized spacial score (nSPS) is 11.3. The number of para-hydroxylation sites is 1. The van der Waals surface area contributed by atoms with Gasteiger partial charge in [0.15, 0.2) is 0 Å². The maximum absolute atomic E-state index is 14.1. The van der Waals surface area contributed by atoms with E-state index in [0.717, 1.165) is 23.3 Å². The average molecular weight is 535 g/mol. The summed E-state index contributed by atoms with van der Waals surface area (Å²) in [6, 6.07) is 22.7. The third kappa shape index (κ3) is 6.36. The molecule has 0 aliphatic heterocycles. The molecule has 6 nitrogen and oxygen atoms in total. The molecule has 4 aromatic rings. The molecule has 4 aromatic carbocycles. The van der Waals surface area contributed by atoms with Gasteiger partial charge in [0, 0.05) is 5.56 Å². The lowest BCUT2D eigenvalue weighted by Crippen LogP contribution is -2.14. The van der Waals surface area contributed by atoms with E-state index in [1.54, 1.807) is 48.5 Å². The minimum atomic E-state index is -3.95. The van der Waals surface area contributed by atoms with E-state index in [9.17, 15) is 21.2 Å². The molecule has 9 heteroatoms. The van der Waals surface area contributed by atoms with Crippen LogP contribution in [0.3, 0.4) is 0 Å². The summed E-state index contributed by atoms with van der Waals surface area (Å²) < 4.78 is 70.5. The zero-order valence-corrected chi connectivity index (χ0v) is 21.6. The standard InChI is InChI=1S/C28H23FN2O4S2/c1-20-7-14-25(15-8-20)36(32,33)30-27-6-4-3-5-22(27)11-12-23-19-24(29)13-18-28(23)31-37(34,35)26-16-9-21(2)10-17-26/h3-10,13-19,30-31H,1-2H3. The van der Waals surface area contributed by atoms with E-state index in [4.69, 9.17) is 0 Å². The van der Waals surface area contributed by atoms with E-state index in [1.165, 1.54) is 30.3 Å². The SMILES string of the molecule is Cc1ccc(S(=O)(=O)Nc2ccccc2C#Cc2cc(F)ccc2NS(=O)(=O)c2ccc(C)cc2)cc1. The summed E-state index contributed by atoms with van der Waals surface area (Å²) in [5, 5.41) is 0. The Morgan fingerprint density at radius 3 is 1.59 bits per heavy atom. The fraction of sp³-hybridized carbons (Fsp3) is 0.0714. The first-order valence-corrected chi connectivity index (χ1v) is 14.1. The molecule has 0 aromatic heterocycles. The number of hydrogen-bond acceptors (Lipinski definition) is 4. The van der Waals surface area contributed by atoms with E-state index in [2.05, 4.69) is 21.3 Å². The van der Waals surface area contributed by atoms with Crippen molar-refractivity contribution in [2.45, 2.75) is 23.6 Å². The summed E-state index contributed by atoms with van der Waals surface area (Å²) in [6.07, 6.45) is 0. The lowest BCUT2D eigenvalue weighted by atomic mass is 10.1. The first-order chi connectivity index (χ1) is 17.5. The van der Waals surface area contributed by atoms with Crippen molar-refractivity contribution in [3.05, 3.63) is 119 Å². The Morgan fingerprint density at radius 1 is 0.595 bits per heavy atom. The van der Waals surface area contributed by atoms with Crippen molar-refractivity contribution in [1.29, 1.82) is 0 Å². The molecule has 0 spiro atoms. The van der Waals surface area contributed by atoms with Crippen LogP contribution in [0.1, 0.15) is 22.3 Å². The predicted molar refractivity (Wildman–Crippen MR) is 143 cm³/mol. The Morgan fingerprint density at radius 2 is 1.05 bits per heavy atom. The number of benzene rings is 4. The van der Waals surface area contributed by atoms with E-state index >= 15 is 0 Å². The number of rotatable bonds is 6. The molecule has 0 unspecified atom stereocenters. The number of nitrogens with one attached hydrogen (secondary N) is 2. The van der Waals surface area contributed by atoms with Gasteiger partial charge >= 0.3 is 0 Å². The first kappa shape index (κ1) is 25.9. The third-order valence-electron chi connectivity index (χ3n) is 5.39.